The maximum Gasteiger partial charge on any atom is 0.262 e. The molecule has 28 heavy (non-hydrogen) atoms. The van der Waals surface area contributed by atoms with Crippen LogP contribution in [0.4, 0.5) is 0 Å². The minimum Gasteiger partial charge on any atom is -0.376 e. The monoisotopic (exact) mass is 376 g/mol. The number of nitrogens with zero attached hydrogens (tertiary/aromatic N) is 1. The van der Waals surface area contributed by atoms with Crippen LogP contribution in [0, 0.1) is 13.8 Å². The van der Waals surface area contributed by atoms with Gasteiger partial charge in [-0.05, 0) is 56.0 Å². The minimum atomic E-state index is -0.190. The summed E-state index contributed by atoms with van der Waals surface area (Å²) in [4.78, 5) is 26.0. The van der Waals surface area contributed by atoms with Gasteiger partial charge < -0.3 is 10.1 Å². The molecule has 1 aliphatic rings. The molecule has 1 atom stereocenters. The van der Waals surface area contributed by atoms with Crippen molar-refractivity contribution < 1.29 is 9.53 Å². The van der Waals surface area contributed by atoms with E-state index >= 15 is 0 Å². The van der Waals surface area contributed by atoms with Crippen LogP contribution in [0.5, 0.6) is 0 Å². The standard InChI is InChI=1S/C23H24N2O3/c1-15-9-10-17(12-16(15)2)25-14-21(19-7-3-4-8-20(19)23(25)27)22(26)24-13-18-6-5-11-28-18/h3-4,7-10,12,14,18H,5-6,11,13H2,1-2H3,(H,24,26). The van der Waals surface area contributed by atoms with Gasteiger partial charge in [-0.1, -0.05) is 24.3 Å². The first-order valence-corrected chi connectivity index (χ1v) is 9.66. The maximum atomic E-state index is 13.1. The van der Waals surface area contributed by atoms with E-state index in [1.165, 1.54) is 0 Å². The Kier molecular flexibility index (Phi) is 5.01. The molecule has 1 N–H and O–H groups in total. The fourth-order valence-electron chi connectivity index (χ4n) is 3.65. The van der Waals surface area contributed by atoms with E-state index in [-0.39, 0.29) is 17.6 Å². The predicted molar refractivity (Wildman–Crippen MR) is 110 cm³/mol. The molecule has 2 heterocycles. The quantitative estimate of drug-likeness (QED) is 0.758. The zero-order chi connectivity index (χ0) is 19.7. The van der Waals surface area contributed by atoms with Crippen molar-refractivity contribution in [3.8, 4) is 5.69 Å². The molecule has 2 aromatic carbocycles. The van der Waals surface area contributed by atoms with Crippen LogP contribution in [0.15, 0.2) is 53.5 Å². The number of benzene rings is 2. The molecule has 0 aliphatic carbocycles. The minimum absolute atomic E-state index is 0.0702. The Morgan fingerprint density at radius 2 is 1.93 bits per heavy atom. The third kappa shape index (κ3) is 3.45. The fraction of sp³-hybridized carbons (Fsp3) is 0.304. The van der Waals surface area contributed by atoms with Gasteiger partial charge in [0.25, 0.3) is 11.5 Å². The normalized spacial score (nSPS) is 16.4. The van der Waals surface area contributed by atoms with E-state index in [9.17, 15) is 9.59 Å². The Labute approximate surface area is 163 Å². The van der Waals surface area contributed by atoms with Gasteiger partial charge in [0.2, 0.25) is 0 Å². The Hall–Kier alpha value is -2.92. The summed E-state index contributed by atoms with van der Waals surface area (Å²) in [5.74, 6) is -0.190. The number of hydrogen-bond acceptors (Lipinski definition) is 3. The van der Waals surface area contributed by atoms with Gasteiger partial charge in [-0.15, -0.1) is 0 Å². The van der Waals surface area contributed by atoms with E-state index in [4.69, 9.17) is 4.74 Å². The lowest BCUT2D eigenvalue weighted by molar-refractivity contribution is 0.0858. The van der Waals surface area contributed by atoms with Crippen LogP contribution in [0.1, 0.15) is 34.3 Å². The first-order chi connectivity index (χ1) is 13.5. The Balaban J connectivity index is 1.78. The number of carbonyl (C=O) groups excluding carboxylic acids is 1. The Morgan fingerprint density at radius 3 is 2.64 bits per heavy atom. The van der Waals surface area contributed by atoms with E-state index in [2.05, 4.69) is 5.32 Å². The molecule has 1 amide bonds. The number of hydrogen-bond donors (Lipinski definition) is 1. The maximum absolute atomic E-state index is 13.1. The number of ether oxygens (including phenoxy) is 1. The van der Waals surface area contributed by atoms with Crippen molar-refractivity contribution in [3.63, 3.8) is 0 Å². The fourth-order valence-corrected chi connectivity index (χ4v) is 3.65. The molecule has 1 saturated heterocycles. The van der Waals surface area contributed by atoms with Gasteiger partial charge in [0.1, 0.15) is 0 Å². The first-order valence-electron chi connectivity index (χ1n) is 9.66. The summed E-state index contributed by atoms with van der Waals surface area (Å²) in [5, 5.41) is 4.17. The summed E-state index contributed by atoms with van der Waals surface area (Å²) in [5.41, 5.74) is 3.38. The molecular weight excluding hydrogens is 352 g/mol. The molecule has 0 saturated carbocycles. The van der Waals surface area contributed by atoms with Crippen molar-refractivity contribution in [2.75, 3.05) is 13.2 Å². The smallest absolute Gasteiger partial charge is 0.262 e. The molecule has 1 fully saturated rings. The second-order valence-electron chi connectivity index (χ2n) is 7.38. The highest BCUT2D eigenvalue weighted by Crippen LogP contribution is 2.19. The average molecular weight is 376 g/mol. The zero-order valence-electron chi connectivity index (χ0n) is 16.2. The number of carbonyl (C=O) groups is 1. The number of aromatic nitrogens is 1. The van der Waals surface area contributed by atoms with Crippen LogP contribution in [0.3, 0.4) is 0 Å². The van der Waals surface area contributed by atoms with E-state index in [0.717, 1.165) is 36.3 Å². The predicted octanol–water partition coefficient (Wildman–Crippen LogP) is 3.52. The molecule has 1 aromatic heterocycles. The van der Waals surface area contributed by atoms with Crippen LogP contribution in [-0.4, -0.2) is 29.7 Å². The van der Waals surface area contributed by atoms with Crippen LogP contribution in [0.2, 0.25) is 0 Å². The second kappa shape index (κ2) is 7.60. The lowest BCUT2D eigenvalue weighted by Crippen LogP contribution is -2.33. The lowest BCUT2D eigenvalue weighted by Gasteiger charge is -2.15. The second-order valence-corrected chi connectivity index (χ2v) is 7.38. The number of amides is 1. The highest BCUT2D eigenvalue weighted by Gasteiger charge is 2.19. The summed E-state index contributed by atoms with van der Waals surface area (Å²) < 4.78 is 7.16. The molecule has 5 nitrogen and oxygen atoms in total. The van der Waals surface area contributed by atoms with Gasteiger partial charge in [0.15, 0.2) is 0 Å². The van der Waals surface area contributed by atoms with Crippen LogP contribution in [0.25, 0.3) is 16.5 Å². The number of aryl methyl sites for hydroxylation is 2. The van der Waals surface area contributed by atoms with E-state index in [0.29, 0.717) is 22.9 Å². The third-order valence-electron chi connectivity index (χ3n) is 5.45. The van der Waals surface area contributed by atoms with Crippen molar-refractivity contribution in [3.05, 3.63) is 75.7 Å². The van der Waals surface area contributed by atoms with E-state index < -0.39 is 0 Å². The van der Waals surface area contributed by atoms with Gasteiger partial charge in [0, 0.05) is 35.8 Å². The largest absolute Gasteiger partial charge is 0.376 e. The summed E-state index contributed by atoms with van der Waals surface area (Å²) >= 11 is 0. The van der Waals surface area contributed by atoms with E-state index in [1.54, 1.807) is 16.8 Å². The van der Waals surface area contributed by atoms with Crippen LogP contribution in [-0.2, 0) is 4.74 Å². The van der Waals surface area contributed by atoms with Crippen molar-refractivity contribution in [1.82, 2.24) is 9.88 Å². The molecule has 5 heteroatoms. The summed E-state index contributed by atoms with van der Waals surface area (Å²) in [7, 11) is 0. The Bertz CT molecular complexity index is 1090. The lowest BCUT2D eigenvalue weighted by atomic mass is 10.1. The highest BCUT2D eigenvalue weighted by atomic mass is 16.5. The number of nitrogens with one attached hydrogen (secondary N) is 1. The van der Waals surface area contributed by atoms with E-state index in [1.807, 2.05) is 50.2 Å². The number of fused-ring (bicyclic) bond motifs is 1. The SMILES string of the molecule is Cc1ccc(-n2cc(C(=O)NCC3CCCO3)c3ccccc3c2=O)cc1C. The first kappa shape index (κ1) is 18.4. The summed E-state index contributed by atoms with van der Waals surface area (Å²) in [6.07, 6.45) is 3.71. The van der Waals surface area contributed by atoms with Gasteiger partial charge in [0.05, 0.1) is 11.7 Å². The van der Waals surface area contributed by atoms with Crippen LogP contribution < -0.4 is 10.9 Å². The molecule has 1 aliphatic heterocycles. The number of rotatable bonds is 4. The summed E-state index contributed by atoms with van der Waals surface area (Å²) in [6.45, 7) is 5.28. The van der Waals surface area contributed by atoms with Crippen LogP contribution >= 0.6 is 0 Å². The molecule has 3 aromatic rings. The molecule has 4 rings (SSSR count). The Morgan fingerprint density at radius 1 is 1.14 bits per heavy atom. The van der Waals surface area contributed by atoms with Crippen molar-refractivity contribution >= 4 is 16.7 Å². The average Bonchev–Trinajstić information content (AvgIpc) is 3.22. The molecular formula is C23H24N2O3. The summed E-state index contributed by atoms with van der Waals surface area (Å²) in [6, 6.07) is 13.1. The van der Waals surface area contributed by atoms with Gasteiger partial charge in [-0.25, -0.2) is 0 Å². The topological polar surface area (TPSA) is 60.3 Å². The van der Waals surface area contributed by atoms with Crippen molar-refractivity contribution in [2.45, 2.75) is 32.8 Å². The highest BCUT2D eigenvalue weighted by molar-refractivity contribution is 6.06. The van der Waals surface area contributed by atoms with Gasteiger partial charge in [-0.2, -0.15) is 0 Å². The molecule has 0 bridgehead atoms. The molecule has 0 spiro atoms. The van der Waals surface area contributed by atoms with Gasteiger partial charge in [-0.3, -0.25) is 14.2 Å². The zero-order valence-corrected chi connectivity index (χ0v) is 16.2. The molecule has 0 radical (unpaired) electrons. The molecule has 1 unspecified atom stereocenters. The third-order valence-corrected chi connectivity index (χ3v) is 5.45. The van der Waals surface area contributed by atoms with Gasteiger partial charge >= 0.3 is 0 Å². The van der Waals surface area contributed by atoms with Crippen molar-refractivity contribution in [2.24, 2.45) is 0 Å². The molecule has 144 valence electrons. The van der Waals surface area contributed by atoms with Crippen molar-refractivity contribution in [1.29, 1.82) is 0 Å². The number of pyridine rings is 1.